The Bertz CT molecular complexity index is 537. The van der Waals surface area contributed by atoms with Crippen LogP contribution in [0.2, 0.25) is 0 Å². The van der Waals surface area contributed by atoms with Gasteiger partial charge in [0.2, 0.25) is 5.91 Å². The second-order valence-corrected chi connectivity index (χ2v) is 4.44. The normalized spacial score (nSPS) is 12.1. The Morgan fingerprint density at radius 3 is 2.79 bits per heavy atom. The molecule has 0 aliphatic rings. The van der Waals surface area contributed by atoms with Crippen LogP contribution in [-0.4, -0.2) is 22.1 Å². The molecule has 1 aromatic carbocycles. The van der Waals surface area contributed by atoms with Crippen molar-refractivity contribution in [2.45, 2.75) is 32.7 Å². The standard InChI is InChI=1S/C14H17N3O2/c1-3-10(2)15-13(18)9-12-16-14(19-17-12)11-7-5-4-6-8-11/h4-8,10H,3,9H2,1-2H3,(H,15,18). The number of amides is 1. The summed E-state index contributed by atoms with van der Waals surface area (Å²) < 4.78 is 5.14. The molecule has 5 heteroatoms. The van der Waals surface area contributed by atoms with E-state index in [-0.39, 0.29) is 18.4 Å². The summed E-state index contributed by atoms with van der Waals surface area (Å²) in [4.78, 5) is 15.9. The van der Waals surface area contributed by atoms with Crippen LogP contribution < -0.4 is 5.32 Å². The maximum absolute atomic E-state index is 11.7. The highest BCUT2D eigenvalue weighted by atomic mass is 16.5. The molecule has 0 aliphatic carbocycles. The zero-order chi connectivity index (χ0) is 13.7. The number of rotatable bonds is 5. The summed E-state index contributed by atoms with van der Waals surface area (Å²) in [7, 11) is 0. The van der Waals surface area contributed by atoms with Gasteiger partial charge in [0.25, 0.3) is 5.89 Å². The van der Waals surface area contributed by atoms with Crippen molar-refractivity contribution in [3.8, 4) is 11.5 Å². The average Bonchev–Trinajstić information content (AvgIpc) is 2.88. The van der Waals surface area contributed by atoms with Crippen molar-refractivity contribution >= 4 is 5.91 Å². The highest BCUT2D eigenvalue weighted by Crippen LogP contribution is 2.16. The lowest BCUT2D eigenvalue weighted by molar-refractivity contribution is -0.121. The van der Waals surface area contributed by atoms with E-state index >= 15 is 0 Å². The minimum absolute atomic E-state index is 0.0882. The molecule has 0 fully saturated rings. The number of carbonyl (C=O) groups is 1. The van der Waals surface area contributed by atoms with E-state index in [0.717, 1.165) is 12.0 Å². The van der Waals surface area contributed by atoms with Gasteiger partial charge in [-0.05, 0) is 25.5 Å². The van der Waals surface area contributed by atoms with Crippen LogP contribution >= 0.6 is 0 Å². The van der Waals surface area contributed by atoms with Gasteiger partial charge in [0, 0.05) is 11.6 Å². The number of nitrogens with zero attached hydrogens (tertiary/aromatic N) is 2. The Morgan fingerprint density at radius 2 is 2.11 bits per heavy atom. The molecule has 1 N–H and O–H groups in total. The van der Waals surface area contributed by atoms with Gasteiger partial charge in [-0.15, -0.1) is 0 Å². The smallest absolute Gasteiger partial charge is 0.257 e. The first-order valence-electron chi connectivity index (χ1n) is 6.36. The number of benzene rings is 1. The highest BCUT2D eigenvalue weighted by molar-refractivity contribution is 5.78. The van der Waals surface area contributed by atoms with E-state index in [1.807, 2.05) is 44.2 Å². The first kappa shape index (κ1) is 13.3. The molecule has 0 saturated carbocycles. The minimum atomic E-state index is -0.0882. The quantitative estimate of drug-likeness (QED) is 0.893. The molecule has 2 rings (SSSR count). The molecular weight excluding hydrogens is 242 g/mol. The van der Waals surface area contributed by atoms with Gasteiger partial charge in [-0.3, -0.25) is 4.79 Å². The fourth-order valence-corrected chi connectivity index (χ4v) is 1.60. The van der Waals surface area contributed by atoms with Gasteiger partial charge in [0.05, 0.1) is 6.42 Å². The van der Waals surface area contributed by atoms with Gasteiger partial charge in [-0.2, -0.15) is 4.98 Å². The molecule has 100 valence electrons. The van der Waals surface area contributed by atoms with Crippen molar-refractivity contribution in [1.29, 1.82) is 0 Å². The van der Waals surface area contributed by atoms with Crippen LogP contribution in [0.5, 0.6) is 0 Å². The van der Waals surface area contributed by atoms with E-state index < -0.39 is 0 Å². The fraction of sp³-hybridized carbons (Fsp3) is 0.357. The molecular formula is C14H17N3O2. The number of aromatic nitrogens is 2. The molecule has 19 heavy (non-hydrogen) atoms. The van der Waals surface area contributed by atoms with Crippen LogP contribution in [0.4, 0.5) is 0 Å². The molecule has 1 amide bonds. The average molecular weight is 259 g/mol. The van der Waals surface area contributed by atoms with Gasteiger partial charge >= 0.3 is 0 Å². The number of carbonyl (C=O) groups excluding carboxylic acids is 1. The molecule has 1 aromatic heterocycles. The molecule has 2 aromatic rings. The molecule has 0 aliphatic heterocycles. The van der Waals surface area contributed by atoms with Crippen molar-refractivity contribution in [3.63, 3.8) is 0 Å². The fourth-order valence-electron chi connectivity index (χ4n) is 1.60. The Morgan fingerprint density at radius 1 is 1.37 bits per heavy atom. The number of hydrogen-bond donors (Lipinski definition) is 1. The third kappa shape index (κ3) is 3.64. The predicted molar refractivity (Wildman–Crippen MR) is 71.3 cm³/mol. The Labute approximate surface area is 112 Å². The van der Waals surface area contributed by atoms with Crippen molar-refractivity contribution in [3.05, 3.63) is 36.2 Å². The second-order valence-electron chi connectivity index (χ2n) is 4.44. The van der Waals surface area contributed by atoms with E-state index in [1.54, 1.807) is 0 Å². The summed E-state index contributed by atoms with van der Waals surface area (Å²) in [5.74, 6) is 0.751. The SMILES string of the molecule is CCC(C)NC(=O)Cc1noc(-c2ccccc2)n1. The van der Waals surface area contributed by atoms with Crippen molar-refractivity contribution in [2.75, 3.05) is 0 Å². The van der Waals surface area contributed by atoms with Crippen LogP contribution in [0.1, 0.15) is 26.1 Å². The van der Waals surface area contributed by atoms with Crippen LogP contribution in [0.15, 0.2) is 34.9 Å². The molecule has 0 bridgehead atoms. The van der Waals surface area contributed by atoms with E-state index in [2.05, 4.69) is 15.5 Å². The van der Waals surface area contributed by atoms with E-state index in [1.165, 1.54) is 0 Å². The Balaban J connectivity index is 2.00. The van der Waals surface area contributed by atoms with Crippen LogP contribution in [-0.2, 0) is 11.2 Å². The summed E-state index contributed by atoms with van der Waals surface area (Å²) in [6, 6.07) is 9.64. The topological polar surface area (TPSA) is 68.0 Å². The number of hydrogen-bond acceptors (Lipinski definition) is 4. The van der Waals surface area contributed by atoms with E-state index in [0.29, 0.717) is 11.7 Å². The molecule has 1 unspecified atom stereocenters. The zero-order valence-electron chi connectivity index (χ0n) is 11.1. The largest absolute Gasteiger partial charge is 0.353 e. The monoisotopic (exact) mass is 259 g/mol. The molecule has 0 radical (unpaired) electrons. The van der Waals surface area contributed by atoms with Gasteiger partial charge in [0.1, 0.15) is 0 Å². The summed E-state index contributed by atoms with van der Waals surface area (Å²) in [6.07, 6.45) is 1.04. The second kappa shape index (κ2) is 6.13. The maximum Gasteiger partial charge on any atom is 0.257 e. The summed E-state index contributed by atoms with van der Waals surface area (Å²) in [5.41, 5.74) is 0.851. The lowest BCUT2D eigenvalue weighted by Gasteiger charge is -2.09. The first-order chi connectivity index (χ1) is 9.19. The number of nitrogens with one attached hydrogen (secondary N) is 1. The van der Waals surface area contributed by atoms with Crippen LogP contribution in [0.3, 0.4) is 0 Å². The molecule has 0 saturated heterocycles. The van der Waals surface area contributed by atoms with Gasteiger partial charge in [0.15, 0.2) is 5.82 Å². The van der Waals surface area contributed by atoms with Gasteiger partial charge in [-0.1, -0.05) is 30.3 Å². The molecule has 5 nitrogen and oxygen atoms in total. The van der Waals surface area contributed by atoms with Crippen LogP contribution in [0.25, 0.3) is 11.5 Å². The van der Waals surface area contributed by atoms with Crippen molar-refractivity contribution < 1.29 is 9.32 Å². The molecule has 1 atom stereocenters. The third-order valence-electron chi connectivity index (χ3n) is 2.83. The Kier molecular flexibility index (Phi) is 4.28. The van der Waals surface area contributed by atoms with E-state index in [4.69, 9.17) is 4.52 Å². The third-order valence-corrected chi connectivity index (χ3v) is 2.83. The highest BCUT2D eigenvalue weighted by Gasteiger charge is 2.13. The van der Waals surface area contributed by atoms with Gasteiger partial charge < -0.3 is 9.84 Å². The lowest BCUT2D eigenvalue weighted by atomic mass is 10.2. The summed E-state index contributed by atoms with van der Waals surface area (Å²) in [6.45, 7) is 3.98. The predicted octanol–water partition coefficient (Wildman–Crippen LogP) is 2.19. The first-order valence-corrected chi connectivity index (χ1v) is 6.36. The minimum Gasteiger partial charge on any atom is -0.353 e. The summed E-state index contributed by atoms with van der Waals surface area (Å²) in [5, 5.41) is 6.69. The van der Waals surface area contributed by atoms with E-state index in [9.17, 15) is 4.79 Å². The van der Waals surface area contributed by atoms with Crippen molar-refractivity contribution in [2.24, 2.45) is 0 Å². The molecule has 0 spiro atoms. The van der Waals surface area contributed by atoms with Crippen LogP contribution in [0, 0.1) is 0 Å². The maximum atomic E-state index is 11.7. The lowest BCUT2D eigenvalue weighted by Crippen LogP contribution is -2.33. The van der Waals surface area contributed by atoms with Gasteiger partial charge in [-0.25, -0.2) is 0 Å². The zero-order valence-corrected chi connectivity index (χ0v) is 11.1. The molecule has 1 heterocycles. The summed E-state index contributed by atoms with van der Waals surface area (Å²) >= 11 is 0. The Hall–Kier alpha value is -2.17. The van der Waals surface area contributed by atoms with Crippen molar-refractivity contribution in [1.82, 2.24) is 15.5 Å².